The third-order valence-corrected chi connectivity index (χ3v) is 4.80. The molecule has 0 saturated carbocycles. The van der Waals surface area contributed by atoms with E-state index in [0.717, 1.165) is 0 Å². The highest BCUT2D eigenvalue weighted by atomic mass is 16.6. The molecule has 1 heterocycles. The van der Waals surface area contributed by atoms with Crippen molar-refractivity contribution < 1.29 is 34.1 Å². The first kappa shape index (κ1) is 20.1. The Labute approximate surface area is 152 Å². The fraction of sp³-hybridized carbons (Fsp3) is 0.526. The Hall–Kier alpha value is -2.25. The largest absolute Gasteiger partial charge is 0.458 e. The van der Waals surface area contributed by atoms with Crippen molar-refractivity contribution in [3.8, 4) is 0 Å². The second-order valence-corrected chi connectivity index (χ2v) is 7.18. The van der Waals surface area contributed by atoms with Gasteiger partial charge in [-0.2, -0.15) is 0 Å². The number of aliphatic hydroxyl groups is 2. The maximum absolute atomic E-state index is 12.4. The Balaban J connectivity index is 2.52. The first-order valence-electron chi connectivity index (χ1n) is 8.32. The van der Waals surface area contributed by atoms with Gasteiger partial charge >= 0.3 is 11.9 Å². The van der Waals surface area contributed by atoms with Crippen LogP contribution in [0.3, 0.4) is 0 Å². The second kappa shape index (κ2) is 7.17. The molecular formula is C19H24O7. The van der Waals surface area contributed by atoms with E-state index in [9.17, 15) is 24.6 Å². The van der Waals surface area contributed by atoms with E-state index in [1.807, 2.05) is 0 Å². The van der Waals surface area contributed by atoms with Crippen LogP contribution in [0, 0.1) is 5.92 Å². The maximum atomic E-state index is 12.4. The van der Waals surface area contributed by atoms with Gasteiger partial charge in [0.25, 0.3) is 0 Å². The molecule has 0 aromatic rings. The van der Waals surface area contributed by atoms with Crippen LogP contribution < -0.4 is 0 Å². The fourth-order valence-electron chi connectivity index (χ4n) is 3.09. The summed E-state index contributed by atoms with van der Waals surface area (Å²) in [5, 5.41) is 20.8. The molecule has 26 heavy (non-hydrogen) atoms. The van der Waals surface area contributed by atoms with Crippen molar-refractivity contribution in [2.45, 2.75) is 57.5 Å². The zero-order valence-electron chi connectivity index (χ0n) is 15.2. The van der Waals surface area contributed by atoms with Gasteiger partial charge in [0, 0.05) is 24.0 Å². The number of carbonyl (C=O) groups is 3. The molecule has 0 aromatic carbocycles. The van der Waals surface area contributed by atoms with Gasteiger partial charge in [0.15, 0.2) is 5.78 Å². The topological polar surface area (TPSA) is 110 Å². The molecule has 2 aliphatic rings. The van der Waals surface area contributed by atoms with Gasteiger partial charge in [-0.15, -0.1) is 0 Å². The lowest BCUT2D eigenvalue weighted by Crippen LogP contribution is -2.46. The van der Waals surface area contributed by atoms with Crippen LogP contribution in [0.5, 0.6) is 0 Å². The van der Waals surface area contributed by atoms with Gasteiger partial charge in [0.05, 0.1) is 12.0 Å². The number of esters is 2. The average molecular weight is 364 g/mol. The third kappa shape index (κ3) is 3.94. The molecule has 0 aromatic heterocycles. The number of hydrogen-bond acceptors (Lipinski definition) is 7. The number of aliphatic hydroxyl groups excluding tert-OH is 1. The molecule has 0 unspecified atom stereocenters. The molecule has 0 spiro atoms. The highest BCUT2D eigenvalue weighted by Gasteiger charge is 2.48. The van der Waals surface area contributed by atoms with Crippen LogP contribution in [-0.2, 0) is 23.9 Å². The van der Waals surface area contributed by atoms with E-state index in [4.69, 9.17) is 9.47 Å². The molecule has 2 N–H and O–H groups in total. The fourth-order valence-corrected chi connectivity index (χ4v) is 3.09. The third-order valence-electron chi connectivity index (χ3n) is 4.80. The molecule has 0 radical (unpaired) electrons. The molecule has 1 aliphatic carbocycles. The van der Waals surface area contributed by atoms with Gasteiger partial charge < -0.3 is 19.7 Å². The van der Waals surface area contributed by atoms with Gasteiger partial charge in [-0.05, 0) is 32.4 Å². The van der Waals surface area contributed by atoms with Crippen LogP contribution in [0.2, 0.25) is 0 Å². The highest BCUT2D eigenvalue weighted by molar-refractivity contribution is 5.92. The summed E-state index contributed by atoms with van der Waals surface area (Å²) in [5.41, 5.74) is -1.23. The van der Waals surface area contributed by atoms with Gasteiger partial charge in [0.2, 0.25) is 0 Å². The number of ether oxygens (including phenoxy) is 2. The summed E-state index contributed by atoms with van der Waals surface area (Å²) < 4.78 is 10.7. The average Bonchev–Trinajstić information content (AvgIpc) is 2.79. The van der Waals surface area contributed by atoms with Crippen LogP contribution in [0.1, 0.15) is 33.6 Å². The lowest BCUT2D eigenvalue weighted by Gasteiger charge is -2.33. The van der Waals surface area contributed by atoms with E-state index in [1.54, 1.807) is 6.92 Å². The minimum Gasteiger partial charge on any atom is -0.458 e. The predicted molar refractivity (Wildman–Crippen MR) is 91.8 cm³/mol. The van der Waals surface area contributed by atoms with Crippen molar-refractivity contribution in [3.63, 3.8) is 0 Å². The van der Waals surface area contributed by atoms with Crippen LogP contribution in [0.4, 0.5) is 0 Å². The lowest BCUT2D eigenvalue weighted by atomic mass is 9.79. The molecule has 0 bridgehead atoms. The van der Waals surface area contributed by atoms with Crippen molar-refractivity contribution in [1.29, 1.82) is 0 Å². The molecule has 7 heteroatoms. The SMILES string of the molecule is C=C(C)C(=O)O[C@H]1C[C@@](C)(O)C(=O)C[C@@H](O)/C(C)=C/[C@H]2OC(=O)C(=C)[C@H]12. The number of rotatable bonds is 2. The standard InChI is InChI=1S/C19H24O7/c1-9(2)17(22)26-14-8-19(5,24)15(21)7-12(20)10(3)6-13-16(14)11(4)18(23)25-13/h6,12-14,16,20,24H,1,4,7-8H2,2-3,5H3/b10-6+/t12-,13-,14+,16+,19-/m1/s1. The Morgan fingerprint density at radius 2 is 2.04 bits per heavy atom. The predicted octanol–water partition coefficient (Wildman–Crippen LogP) is 0.993. The Morgan fingerprint density at radius 3 is 2.62 bits per heavy atom. The molecule has 1 saturated heterocycles. The van der Waals surface area contributed by atoms with Gasteiger partial charge in [-0.1, -0.05) is 13.2 Å². The molecule has 1 fully saturated rings. The second-order valence-electron chi connectivity index (χ2n) is 7.18. The molecule has 0 amide bonds. The monoisotopic (exact) mass is 364 g/mol. The summed E-state index contributed by atoms with van der Waals surface area (Å²) in [6, 6.07) is 0. The van der Waals surface area contributed by atoms with Crippen LogP contribution in [0.25, 0.3) is 0 Å². The molecule has 2 rings (SSSR count). The van der Waals surface area contributed by atoms with E-state index in [-0.39, 0.29) is 24.0 Å². The smallest absolute Gasteiger partial charge is 0.334 e. The first-order chi connectivity index (χ1) is 11.9. The number of ketones is 1. The van der Waals surface area contributed by atoms with Crippen molar-refractivity contribution in [2.75, 3.05) is 0 Å². The molecule has 142 valence electrons. The zero-order chi connectivity index (χ0) is 19.8. The molecule has 1 aliphatic heterocycles. The molecule has 5 atom stereocenters. The highest BCUT2D eigenvalue weighted by Crippen LogP contribution is 2.37. The summed E-state index contributed by atoms with van der Waals surface area (Å²) >= 11 is 0. The van der Waals surface area contributed by atoms with Crippen LogP contribution in [0.15, 0.2) is 36.0 Å². The first-order valence-corrected chi connectivity index (χ1v) is 8.32. The number of fused-ring (bicyclic) bond motifs is 1. The quantitative estimate of drug-likeness (QED) is 0.427. The number of carbonyl (C=O) groups excluding carboxylic acids is 3. The Kier molecular flexibility index (Phi) is 5.53. The number of hydrogen-bond donors (Lipinski definition) is 2. The lowest BCUT2D eigenvalue weighted by molar-refractivity contribution is -0.156. The maximum Gasteiger partial charge on any atom is 0.334 e. The molecular weight excluding hydrogens is 340 g/mol. The summed E-state index contributed by atoms with van der Waals surface area (Å²) in [5.74, 6) is -2.74. The summed E-state index contributed by atoms with van der Waals surface area (Å²) in [7, 11) is 0. The van der Waals surface area contributed by atoms with E-state index < -0.39 is 47.6 Å². The van der Waals surface area contributed by atoms with Gasteiger partial charge in [-0.25, -0.2) is 9.59 Å². The van der Waals surface area contributed by atoms with Gasteiger partial charge in [0.1, 0.15) is 17.8 Å². The molecule has 7 nitrogen and oxygen atoms in total. The van der Waals surface area contributed by atoms with E-state index in [0.29, 0.717) is 5.57 Å². The van der Waals surface area contributed by atoms with E-state index in [1.165, 1.54) is 19.9 Å². The Bertz CT molecular complexity index is 701. The Morgan fingerprint density at radius 1 is 1.42 bits per heavy atom. The van der Waals surface area contributed by atoms with Crippen LogP contribution in [-0.4, -0.2) is 51.8 Å². The van der Waals surface area contributed by atoms with E-state index in [2.05, 4.69) is 13.2 Å². The normalized spacial score (nSPS) is 37.3. The van der Waals surface area contributed by atoms with Gasteiger partial charge in [-0.3, -0.25) is 4.79 Å². The minimum absolute atomic E-state index is 0.0804. The zero-order valence-corrected chi connectivity index (χ0v) is 15.2. The van der Waals surface area contributed by atoms with Crippen molar-refractivity contribution in [3.05, 3.63) is 36.0 Å². The summed E-state index contributed by atoms with van der Waals surface area (Å²) in [4.78, 5) is 36.5. The van der Waals surface area contributed by atoms with Crippen LogP contribution >= 0.6 is 0 Å². The number of Topliss-reactive ketones (excluding diaryl/α,β-unsaturated/α-hetero) is 1. The van der Waals surface area contributed by atoms with E-state index >= 15 is 0 Å². The summed E-state index contributed by atoms with van der Waals surface area (Å²) in [6.07, 6.45) is -2.00. The van der Waals surface area contributed by atoms with Crippen molar-refractivity contribution >= 4 is 17.7 Å². The summed E-state index contributed by atoms with van der Waals surface area (Å²) in [6.45, 7) is 11.6. The van der Waals surface area contributed by atoms with Crippen molar-refractivity contribution in [1.82, 2.24) is 0 Å². The minimum atomic E-state index is -1.87. The van der Waals surface area contributed by atoms with Crippen molar-refractivity contribution in [2.24, 2.45) is 5.92 Å².